The molecule has 0 aromatic heterocycles. The van der Waals surface area contributed by atoms with Gasteiger partial charge in [-0.1, -0.05) is 54.2 Å². The molecule has 1 atom stereocenters. The van der Waals surface area contributed by atoms with E-state index >= 15 is 0 Å². The summed E-state index contributed by atoms with van der Waals surface area (Å²) in [5.74, 6) is 0.401. The van der Waals surface area contributed by atoms with Crippen molar-refractivity contribution in [3.63, 3.8) is 0 Å². The van der Waals surface area contributed by atoms with E-state index in [1.165, 1.54) is 6.08 Å². The van der Waals surface area contributed by atoms with E-state index in [0.717, 1.165) is 28.6 Å². The van der Waals surface area contributed by atoms with Crippen LogP contribution in [-0.4, -0.2) is 29.3 Å². The molecule has 0 radical (unpaired) electrons. The molecule has 6 heteroatoms. The molecule has 3 rings (SSSR count). The Hall–Kier alpha value is -2.86. The number of thioether (sulfide) groups is 1. The predicted octanol–water partition coefficient (Wildman–Crippen LogP) is 3.49. The Balaban J connectivity index is 1.62. The van der Waals surface area contributed by atoms with Crippen molar-refractivity contribution >= 4 is 34.8 Å². The molecule has 26 heavy (non-hydrogen) atoms. The Labute approximate surface area is 155 Å². The Bertz CT molecular complexity index is 856. The van der Waals surface area contributed by atoms with Gasteiger partial charge in [0.1, 0.15) is 5.75 Å². The van der Waals surface area contributed by atoms with Crippen LogP contribution in [0, 0.1) is 0 Å². The van der Waals surface area contributed by atoms with Crippen LogP contribution in [0.2, 0.25) is 0 Å². The standard InChI is InChI=1S/C20H17NO4S/c1-25-16-9-4-13(5-10-16)6-11-17(22)15-7-2-14(3-8-15)12-18-19(23)21-20(24)26-18/h2-11,18H,12H2,1H3,(H,21,23,24)/b11-6+. The highest BCUT2D eigenvalue weighted by molar-refractivity contribution is 8.15. The van der Waals surface area contributed by atoms with Crippen LogP contribution < -0.4 is 10.1 Å². The number of carbonyl (C=O) groups is 3. The fraction of sp³-hybridized carbons (Fsp3) is 0.150. The molecule has 0 saturated carbocycles. The molecule has 0 aliphatic carbocycles. The van der Waals surface area contributed by atoms with E-state index in [4.69, 9.17) is 4.74 Å². The minimum Gasteiger partial charge on any atom is -0.497 e. The molecule has 1 aliphatic rings. The van der Waals surface area contributed by atoms with Gasteiger partial charge < -0.3 is 4.74 Å². The molecule has 0 bridgehead atoms. The van der Waals surface area contributed by atoms with Crippen LogP contribution in [0.3, 0.4) is 0 Å². The third-order valence-electron chi connectivity index (χ3n) is 3.97. The lowest BCUT2D eigenvalue weighted by atomic mass is 10.0. The molecule has 5 nitrogen and oxygen atoms in total. The Morgan fingerprint density at radius 3 is 2.38 bits per heavy atom. The van der Waals surface area contributed by atoms with Gasteiger partial charge in [-0.25, -0.2) is 0 Å². The monoisotopic (exact) mass is 367 g/mol. The van der Waals surface area contributed by atoms with Crippen LogP contribution >= 0.6 is 11.8 Å². The zero-order chi connectivity index (χ0) is 18.5. The van der Waals surface area contributed by atoms with Gasteiger partial charge in [0.25, 0.3) is 5.24 Å². The number of methoxy groups -OCH3 is 1. The van der Waals surface area contributed by atoms with Crippen molar-refractivity contribution < 1.29 is 19.1 Å². The lowest BCUT2D eigenvalue weighted by Gasteiger charge is -2.05. The number of hydrogen-bond donors (Lipinski definition) is 1. The molecule has 1 aliphatic heterocycles. The molecular formula is C20H17NO4S. The van der Waals surface area contributed by atoms with Gasteiger partial charge >= 0.3 is 0 Å². The highest BCUT2D eigenvalue weighted by Gasteiger charge is 2.31. The summed E-state index contributed by atoms with van der Waals surface area (Å²) in [4.78, 5) is 35.1. The van der Waals surface area contributed by atoms with Crippen LogP contribution in [0.15, 0.2) is 54.6 Å². The van der Waals surface area contributed by atoms with Crippen LogP contribution in [0.5, 0.6) is 5.75 Å². The number of ether oxygens (including phenoxy) is 1. The van der Waals surface area contributed by atoms with Crippen molar-refractivity contribution in [2.24, 2.45) is 0 Å². The number of rotatable bonds is 6. The molecule has 1 saturated heterocycles. The van der Waals surface area contributed by atoms with E-state index in [1.807, 2.05) is 36.4 Å². The molecule has 1 heterocycles. The summed E-state index contributed by atoms with van der Waals surface area (Å²) in [5, 5.41) is 1.56. The number of benzene rings is 2. The Morgan fingerprint density at radius 1 is 1.12 bits per heavy atom. The second-order valence-corrected chi connectivity index (χ2v) is 6.93. The first-order valence-electron chi connectivity index (χ1n) is 8.02. The zero-order valence-electron chi connectivity index (χ0n) is 14.1. The summed E-state index contributed by atoms with van der Waals surface area (Å²) in [5.41, 5.74) is 2.38. The van der Waals surface area contributed by atoms with E-state index in [2.05, 4.69) is 5.32 Å². The predicted molar refractivity (Wildman–Crippen MR) is 101 cm³/mol. The van der Waals surface area contributed by atoms with Crippen molar-refractivity contribution in [1.82, 2.24) is 5.32 Å². The van der Waals surface area contributed by atoms with Crippen LogP contribution in [0.25, 0.3) is 6.08 Å². The number of amides is 2. The van der Waals surface area contributed by atoms with Crippen molar-refractivity contribution in [3.8, 4) is 5.75 Å². The van der Waals surface area contributed by atoms with E-state index in [9.17, 15) is 14.4 Å². The second-order valence-electron chi connectivity index (χ2n) is 5.75. The summed E-state index contributed by atoms with van der Waals surface area (Å²) in [7, 11) is 1.60. The van der Waals surface area contributed by atoms with Gasteiger partial charge in [-0.15, -0.1) is 0 Å². The van der Waals surface area contributed by atoms with E-state index in [1.54, 1.807) is 25.3 Å². The average molecular weight is 367 g/mol. The molecule has 1 N–H and O–H groups in total. The largest absolute Gasteiger partial charge is 0.497 e. The molecule has 1 fully saturated rings. The van der Waals surface area contributed by atoms with Crippen molar-refractivity contribution in [2.75, 3.05) is 7.11 Å². The van der Waals surface area contributed by atoms with Gasteiger partial charge in [0.05, 0.1) is 12.4 Å². The van der Waals surface area contributed by atoms with Crippen molar-refractivity contribution in [3.05, 3.63) is 71.3 Å². The minimum absolute atomic E-state index is 0.101. The SMILES string of the molecule is COc1ccc(/C=C/C(=O)c2ccc(CC3SC(=O)NC3=O)cc2)cc1. The van der Waals surface area contributed by atoms with Crippen molar-refractivity contribution in [1.29, 1.82) is 0 Å². The summed E-state index contributed by atoms with van der Waals surface area (Å²) in [6.07, 6.45) is 3.73. The fourth-order valence-electron chi connectivity index (χ4n) is 2.53. The summed E-state index contributed by atoms with van der Waals surface area (Å²) >= 11 is 1.00. The van der Waals surface area contributed by atoms with Gasteiger partial charge in [0, 0.05) is 5.56 Å². The topological polar surface area (TPSA) is 72.5 Å². The summed E-state index contributed by atoms with van der Waals surface area (Å²) in [6.45, 7) is 0. The number of ketones is 1. The summed E-state index contributed by atoms with van der Waals surface area (Å²) < 4.78 is 5.10. The smallest absolute Gasteiger partial charge is 0.286 e. The van der Waals surface area contributed by atoms with Gasteiger partial charge in [-0.05, 0) is 35.8 Å². The lowest BCUT2D eigenvalue weighted by Crippen LogP contribution is -2.25. The van der Waals surface area contributed by atoms with E-state index < -0.39 is 5.25 Å². The number of nitrogens with one attached hydrogen (secondary N) is 1. The second kappa shape index (κ2) is 8.01. The molecule has 132 valence electrons. The first-order chi connectivity index (χ1) is 12.5. The van der Waals surface area contributed by atoms with Gasteiger partial charge in [0.2, 0.25) is 5.91 Å². The van der Waals surface area contributed by atoms with Gasteiger partial charge in [-0.3, -0.25) is 19.7 Å². The maximum Gasteiger partial charge on any atom is 0.286 e. The highest BCUT2D eigenvalue weighted by Crippen LogP contribution is 2.23. The highest BCUT2D eigenvalue weighted by atomic mass is 32.2. The third-order valence-corrected chi connectivity index (χ3v) is 4.95. The molecule has 0 spiro atoms. The zero-order valence-corrected chi connectivity index (χ0v) is 14.9. The maximum absolute atomic E-state index is 12.3. The normalized spacial score (nSPS) is 16.7. The molecule has 2 amide bonds. The first-order valence-corrected chi connectivity index (χ1v) is 8.90. The quantitative estimate of drug-likeness (QED) is 0.625. The van der Waals surface area contributed by atoms with Crippen LogP contribution in [0.4, 0.5) is 4.79 Å². The molecule has 1 unspecified atom stereocenters. The lowest BCUT2D eigenvalue weighted by molar-refractivity contribution is -0.118. The molecule has 2 aromatic carbocycles. The van der Waals surface area contributed by atoms with Crippen molar-refractivity contribution in [2.45, 2.75) is 11.7 Å². The fourth-order valence-corrected chi connectivity index (χ4v) is 3.39. The summed E-state index contributed by atoms with van der Waals surface area (Å²) in [6, 6.07) is 14.5. The van der Waals surface area contributed by atoms with E-state index in [-0.39, 0.29) is 16.9 Å². The Kier molecular flexibility index (Phi) is 5.53. The van der Waals surface area contributed by atoms with Gasteiger partial charge in [0.15, 0.2) is 5.78 Å². The third kappa shape index (κ3) is 4.40. The minimum atomic E-state index is -0.404. The number of imide groups is 1. The van der Waals surface area contributed by atoms with Crippen LogP contribution in [-0.2, 0) is 11.2 Å². The Morgan fingerprint density at radius 2 is 1.81 bits per heavy atom. The molecular weight excluding hydrogens is 350 g/mol. The maximum atomic E-state index is 12.3. The average Bonchev–Trinajstić information content (AvgIpc) is 2.97. The van der Waals surface area contributed by atoms with Gasteiger partial charge in [-0.2, -0.15) is 0 Å². The number of carbonyl (C=O) groups excluding carboxylic acids is 3. The first kappa shape index (κ1) is 17.9. The van der Waals surface area contributed by atoms with Crippen LogP contribution in [0.1, 0.15) is 21.5 Å². The number of allylic oxidation sites excluding steroid dienone is 1. The molecule has 2 aromatic rings. The van der Waals surface area contributed by atoms with E-state index in [0.29, 0.717) is 12.0 Å². The number of hydrogen-bond acceptors (Lipinski definition) is 5.